The van der Waals surface area contributed by atoms with Crippen LogP contribution in [-0.2, 0) is 4.74 Å². The van der Waals surface area contributed by atoms with E-state index < -0.39 is 0 Å². The van der Waals surface area contributed by atoms with Crippen molar-refractivity contribution in [3.8, 4) is 0 Å². The van der Waals surface area contributed by atoms with Crippen LogP contribution >= 0.6 is 0 Å². The summed E-state index contributed by atoms with van der Waals surface area (Å²) in [6.07, 6.45) is 1.14. The summed E-state index contributed by atoms with van der Waals surface area (Å²) in [7, 11) is 0. The zero-order chi connectivity index (χ0) is 18.6. The minimum Gasteiger partial charge on any atom is -0.378 e. The minimum atomic E-state index is -0.127. The number of nitrogens with one attached hydrogen (secondary N) is 2. The van der Waals surface area contributed by atoms with Crippen molar-refractivity contribution in [3.05, 3.63) is 24.3 Å². The van der Waals surface area contributed by atoms with E-state index >= 15 is 0 Å². The number of carbonyl (C=O) groups is 1. The second kappa shape index (κ2) is 8.27. The summed E-state index contributed by atoms with van der Waals surface area (Å²) in [5.74, 6) is 0.527. The molecule has 0 radical (unpaired) electrons. The average Bonchev–Trinajstić information content (AvgIpc) is 3.10. The number of ether oxygens (including phenoxy) is 1. The second-order valence-corrected chi connectivity index (χ2v) is 8.26. The molecule has 6 nitrogen and oxygen atoms in total. The molecule has 3 rings (SSSR count). The first-order chi connectivity index (χ1) is 12.4. The Balaban J connectivity index is 1.46. The maximum Gasteiger partial charge on any atom is 0.319 e. The molecular weight excluding hydrogens is 328 g/mol. The molecule has 0 aromatic heterocycles. The van der Waals surface area contributed by atoms with Crippen LogP contribution < -0.4 is 15.5 Å². The molecule has 1 aromatic carbocycles. The molecule has 1 unspecified atom stereocenters. The minimum absolute atomic E-state index is 0.127. The van der Waals surface area contributed by atoms with Gasteiger partial charge in [0, 0.05) is 43.1 Å². The fourth-order valence-corrected chi connectivity index (χ4v) is 3.62. The number of hydrogen-bond acceptors (Lipinski definition) is 4. The third kappa shape index (κ3) is 5.11. The molecule has 1 atom stereocenters. The van der Waals surface area contributed by atoms with Gasteiger partial charge in [-0.25, -0.2) is 4.79 Å². The van der Waals surface area contributed by atoms with Crippen LogP contribution in [0.2, 0.25) is 0 Å². The lowest BCUT2D eigenvalue weighted by Crippen LogP contribution is -2.40. The van der Waals surface area contributed by atoms with Gasteiger partial charge in [-0.3, -0.25) is 4.90 Å². The first kappa shape index (κ1) is 19.0. The molecule has 1 aromatic rings. The Labute approximate surface area is 156 Å². The Kier molecular flexibility index (Phi) is 6.04. The van der Waals surface area contributed by atoms with E-state index in [9.17, 15) is 4.79 Å². The number of morpholine rings is 1. The Morgan fingerprint density at radius 3 is 2.69 bits per heavy atom. The third-order valence-electron chi connectivity index (χ3n) is 5.27. The van der Waals surface area contributed by atoms with Crippen LogP contribution in [-0.4, -0.2) is 62.4 Å². The highest BCUT2D eigenvalue weighted by atomic mass is 16.5. The van der Waals surface area contributed by atoms with Crippen molar-refractivity contribution in [1.82, 2.24) is 10.2 Å². The molecule has 2 heterocycles. The third-order valence-corrected chi connectivity index (χ3v) is 5.27. The van der Waals surface area contributed by atoms with Crippen molar-refractivity contribution >= 4 is 17.4 Å². The molecule has 0 aliphatic carbocycles. The van der Waals surface area contributed by atoms with Gasteiger partial charge in [0.25, 0.3) is 0 Å². The normalized spacial score (nSPS) is 21.7. The van der Waals surface area contributed by atoms with E-state index in [2.05, 4.69) is 47.3 Å². The molecule has 2 N–H and O–H groups in total. The van der Waals surface area contributed by atoms with E-state index in [1.165, 1.54) is 0 Å². The number of anilines is 2. The highest BCUT2D eigenvalue weighted by Crippen LogP contribution is 2.24. The van der Waals surface area contributed by atoms with Crippen LogP contribution in [0, 0.1) is 5.92 Å². The zero-order valence-electron chi connectivity index (χ0n) is 16.3. The number of nitrogens with zero attached hydrogens (tertiary/aromatic N) is 2. The number of likely N-dealkylation sites (tertiary alicyclic amines) is 1. The fraction of sp³-hybridized carbons (Fsp3) is 0.650. The van der Waals surface area contributed by atoms with Crippen LogP contribution in [0.3, 0.4) is 0 Å². The maximum absolute atomic E-state index is 12.3. The number of carbonyl (C=O) groups excluding carboxylic acids is 1. The lowest BCUT2D eigenvalue weighted by molar-refractivity contribution is 0.122. The maximum atomic E-state index is 12.3. The lowest BCUT2D eigenvalue weighted by atomic mass is 10.1. The Bertz CT molecular complexity index is 608. The van der Waals surface area contributed by atoms with Crippen LogP contribution in [0.4, 0.5) is 16.2 Å². The highest BCUT2D eigenvalue weighted by Gasteiger charge is 2.30. The molecule has 26 heavy (non-hydrogen) atoms. The number of benzene rings is 1. The van der Waals surface area contributed by atoms with Gasteiger partial charge in [0.1, 0.15) is 0 Å². The quantitative estimate of drug-likeness (QED) is 0.867. The van der Waals surface area contributed by atoms with Gasteiger partial charge >= 0.3 is 6.03 Å². The van der Waals surface area contributed by atoms with Crippen LogP contribution in [0.5, 0.6) is 0 Å². The Hall–Kier alpha value is -1.79. The summed E-state index contributed by atoms with van der Waals surface area (Å²) in [6, 6.07) is 7.90. The molecular formula is C20H32N4O2. The fourth-order valence-electron chi connectivity index (χ4n) is 3.62. The molecule has 0 saturated carbocycles. The van der Waals surface area contributed by atoms with Gasteiger partial charge in [0.15, 0.2) is 0 Å². The second-order valence-electron chi connectivity index (χ2n) is 8.26. The summed E-state index contributed by atoms with van der Waals surface area (Å²) in [6.45, 7) is 12.9. The largest absolute Gasteiger partial charge is 0.378 e. The van der Waals surface area contributed by atoms with Crippen LogP contribution in [0.15, 0.2) is 24.3 Å². The summed E-state index contributed by atoms with van der Waals surface area (Å²) < 4.78 is 5.40. The van der Waals surface area contributed by atoms with Crippen molar-refractivity contribution in [1.29, 1.82) is 0 Å². The lowest BCUT2D eigenvalue weighted by Gasteiger charge is -2.31. The van der Waals surface area contributed by atoms with E-state index in [4.69, 9.17) is 4.74 Å². The van der Waals surface area contributed by atoms with E-state index in [-0.39, 0.29) is 11.6 Å². The Morgan fingerprint density at radius 1 is 1.23 bits per heavy atom. The molecule has 144 valence electrons. The van der Waals surface area contributed by atoms with Gasteiger partial charge < -0.3 is 20.3 Å². The summed E-state index contributed by atoms with van der Waals surface area (Å²) >= 11 is 0. The monoisotopic (exact) mass is 360 g/mol. The average molecular weight is 361 g/mol. The van der Waals surface area contributed by atoms with Gasteiger partial charge in [0.2, 0.25) is 0 Å². The first-order valence-electron chi connectivity index (χ1n) is 9.64. The number of rotatable bonds is 4. The van der Waals surface area contributed by atoms with Gasteiger partial charge in [-0.2, -0.15) is 0 Å². The van der Waals surface area contributed by atoms with E-state index in [1.807, 2.05) is 18.2 Å². The molecule has 6 heteroatoms. The van der Waals surface area contributed by atoms with Crippen molar-refractivity contribution < 1.29 is 9.53 Å². The zero-order valence-corrected chi connectivity index (χ0v) is 16.3. The van der Waals surface area contributed by atoms with Crippen LogP contribution in [0.25, 0.3) is 0 Å². The van der Waals surface area contributed by atoms with Gasteiger partial charge in [-0.15, -0.1) is 0 Å². The summed E-state index contributed by atoms with van der Waals surface area (Å²) in [5, 5.41) is 6.00. The highest BCUT2D eigenvalue weighted by molar-refractivity contribution is 5.89. The SMILES string of the molecule is CC(C)(C)N1CCC(CNC(=O)Nc2cccc(N3CCOCC3)c2)C1. The van der Waals surface area contributed by atoms with Gasteiger partial charge in [0.05, 0.1) is 13.2 Å². The van der Waals surface area contributed by atoms with Crippen molar-refractivity contribution in [2.75, 3.05) is 56.2 Å². The van der Waals surface area contributed by atoms with E-state index in [0.717, 1.165) is 63.7 Å². The predicted octanol–water partition coefficient (Wildman–Crippen LogP) is 2.77. The molecule has 0 spiro atoms. The van der Waals surface area contributed by atoms with Crippen molar-refractivity contribution in [3.63, 3.8) is 0 Å². The topological polar surface area (TPSA) is 56.8 Å². The number of hydrogen-bond donors (Lipinski definition) is 2. The van der Waals surface area contributed by atoms with Gasteiger partial charge in [-0.05, 0) is 57.9 Å². The molecule has 2 aliphatic rings. The molecule has 0 bridgehead atoms. The Morgan fingerprint density at radius 2 is 2.00 bits per heavy atom. The molecule has 2 aliphatic heterocycles. The van der Waals surface area contributed by atoms with E-state index in [0.29, 0.717) is 5.92 Å². The molecule has 2 fully saturated rings. The van der Waals surface area contributed by atoms with Crippen molar-refractivity contribution in [2.45, 2.75) is 32.7 Å². The summed E-state index contributed by atoms with van der Waals surface area (Å²) in [4.78, 5) is 17.0. The number of urea groups is 1. The van der Waals surface area contributed by atoms with Gasteiger partial charge in [-0.1, -0.05) is 6.07 Å². The van der Waals surface area contributed by atoms with Crippen molar-refractivity contribution in [2.24, 2.45) is 5.92 Å². The van der Waals surface area contributed by atoms with E-state index in [1.54, 1.807) is 0 Å². The summed E-state index contributed by atoms with van der Waals surface area (Å²) in [5.41, 5.74) is 2.16. The molecule has 2 saturated heterocycles. The number of amides is 2. The smallest absolute Gasteiger partial charge is 0.319 e. The molecule has 2 amide bonds. The van der Waals surface area contributed by atoms with Crippen LogP contribution in [0.1, 0.15) is 27.2 Å². The first-order valence-corrected chi connectivity index (χ1v) is 9.64. The standard InChI is InChI=1S/C20H32N4O2/c1-20(2,3)24-8-7-16(15-24)14-21-19(25)22-17-5-4-6-18(13-17)23-9-11-26-12-10-23/h4-6,13,16H,7-12,14-15H2,1-3H3,(H2,21,22,25). The predicted molar refractivity (Wildman–Crippen MR) is 106 cm³/mol.